The van der Waals surface area contributed by atoms with Crippen molar-refractivity contribution in [1.82, 2.24) is 29.9 Å². The van der Waals surface area contributed by atoms with Gasteiger partial charge in [0, 0.05) is 47.0 Å². The summed E-state index contributed by atoms with van der Waals surface area (Å²) in [6.45, 7) is 28.0. The first-order valence-electron chi connectivity index (χ1n) is 28.9. The predicted molar refractivity (Wildman–Crippen MR) is 361 cm³/mol. The van der Waals surface area contributed by atoms with Crippen LogP contribution in [0.25, 0.3) is 14.5 Å². The Labute approximate surface area is 562 Å². The lowest BCUT2D eigenvalue weighted by atomic mass is 10.2. The molecule has 9 aromatic rings. The van der Waals surface area contributed by atoms with Gasteiger partial charge in [0.05, 0.1) is 33.3 Å². The van der Waals surface area contributed by atoms with Crippen LogP contribution < -0.4 is 51.3 Å². The van der Waals surface area contributed by atoms with Gasteiger partial charge < -0.3 is 46.1 Å². The summed E-state index contributed by atoms with van der Waals surface area (Å²) in [4.78, 5) is 56.8. The van der Waals surface area contributed by atoms with Gasteiger partial charge in [0.1, 0.15) is 40.3 Å². The summed E-state index contributed by atoms with van der Waals surface area (Å²) in [5.74, 6) is -2.59. The molecule has 0 aliphatic carbocycles. The molecule has 0 radical (unpaired) electrons. The molecule has 3 heterocycles. The number of hydrogen-bond donors (Lipinski definition) is 7. The fourth-order valence-electron chi connectivity index (χ4n) is 8.36. The van der Waals surface area contributed by atoms with E-state index in [9.17, 15) is 48.0 Å². The van der Waals surface area contributed by atoms with Crippen molar-refractivity contribution in [3.05, 3.63) is 214 Å². The second kappa shape index (κ2) is 34.0. The van der Waals surface area contributed by atoms with E-state index in [1.807, 2.05) is 0 Å². The van der Waals surface area contributed by atoms with E-state index in [1.54, 1.807) is 144 Å². The van der Waals surface area contributed by atoms with Crippen LogP contribution in [0, 0.1) is 57.9 Å². The zero-order valence-electron chi connectivity index (χ0n) is 52.8. The Hall–Kier alpha value is -11.8. The van der Waals surface area contributed by atoms with E-state index in [1.165, 1.54) is 18.2 Å². The molecule has 0 bridgehead atoms. The average Bonchev–Trinajstić information content (AvgIpc) is 0.822. The van der Waals surface area contributed by atoms with Crippen LogP contribution in [0.3, 0.4) is 0 Å². The molecule has 0 unspecified atom stereocenters. The summed E-state index contributed by atoms with van der Waals surface area (Å²) in [5, 5.41) is 22.3. The topological polar surface area (TPSA) is 353 Å². The number of nitrogens with two attached hydrogens (primary N) is 1. The smallest absolute Gasteiger partial charge is 0.357 e. The Morgan fingerprint density at radius 2 is 0.694 bits per heavy atom. The van der Waals surface area contributed by atoms with Crippen molar-refractivity contribution in [2.24, 2.45) is 5.14 Å². The number of halogens is 3. The molecular weight excluding hydrogens is 1330 g/mol. The van der Waals surface area contributed by atoms with Crippen molar-refractivity contribution in [3.63, 3.8) is 0 Å². The van der Waals surface area contributed by atoms with Crippen LogP contribution in [-0.4, -0.2) is 98.4 Å². The lowest BCUT2D eigenvalue weighted by Gasteiger charge is -2.12. The molecule has 0 aliphatic rings. The van der Waals surface area contributed by atoms with E-state index in [-0.39, 0.29) is 94.6 Å². The quantitative estimate of drug-likeness (QED) is 0.0235. The number of nitrogens with zero attached hydrogens (tertiary/aromatic N) is 9. The standard InChI is InChI=1S/2C23H22FN5O4S.C19H17FN6O3S/c2*1-4-18(30)13-34(31,32)21-11-17(6-5-15(21)2)28-23-26-12-20(24)22(29-23)27-16-7-9-19(10-8-16)33-14-25-3;1-12-3-4-14(9-17(12)30(21,27)28)25-19-23-10-16(20)18(26-19)24-13-5-7-15(8-6-13)29-11-22-2/h2*5-12H,4,13-14H2,1-2H3,(H2,26,27,28,29);3-10H,11H2,1H3,(H2,21,27,28)(H2,23,24,25,26). The van der Waals surface area contributed by atoms with Gasteiger partial charge in [-0.05, 0) is 147 Å². The molecule has 6 aromatic carbocycles. The van der Waals surface area contributed by atoms with Gasteiger partial charge >= 0.3 is 20.2 Å². The summed E-state index contributed by atoms with van der Waals surface area (Å²) in [6, 6.07) is 33.5. The molecular formula is C65H61F3N16O11S3. The first kappa shape index (κ1) is 73.6. The van der Waals surface area contributed by atoms with Gasteiger partial charge in [0.25, 0.3) is 0 Å². The molecule has 506 valence electrons. The molecule has 8 N–H and O–H groups in total. The SMILES string of the molecule is [C-]#[N+]COc1ccc(Nc2nc(Nc3ccc(C)c(S(=O)(=O)CC(=O)CC)c3)ncc2F)cc1.[C-]#[N+]COc1ccc(Nc2nc(Nc3ccc(C)c(S(=O)(=O)CC(=O)CC)c3)ncc2F)cc1.[C-]#[N+]COc1ccc(Nc2nc(Nc3ccc(C)c(S(N)(=O)=O)c3)ncc2F)cc1. The van der Waals surface area contributed by atoms with Gasteiger partial charge in [-0.25, -0.2) is 78.2 Å². The lowest BCUT2D eigenvalue weighted by molar-refractivity contribution is -0.117. The average molecular weight is 1400 g/mol. The maximum atomic E-state index is 14.3. The van der Waals surface area contributed by atoms with Gasteiger partial charge in [-0.15, -0.1) is 0 Å². The molecule has 3 aromatic heterocycles. The number of carbonyl (C=O) groups excluding carboxylic acids is 2. The normalized spacial score (nSPS) is 10.9. The highest BCUT2D eigenvalue weighted by atomic mass is 32.2. The minimum absolute atomic E-state index is 0.0280. The Kier molecular flexibility index (Phi) is 25.5. The second-order valence-electron chi connectivity index (χ2n) is 20.6. The van der Waals surface area contributed by atoms with Gasteiger partial charge in [-0.2, -0.15) is 15.0 Å². The first-order chi connectivity index (χ1) is 46.7. The summed E-state index contributed by atoms with van der Waals surface area (Å²) < 4.78 is 132. The van der Waals surface area contributed by atoms with E-state index in [0.717, 1.165) is 18.6 Å². The van der Waals surface area contributed by atoms with Gasteiger partial charge in [-0.1, -0.05) is 32.0 Å². The number of ether oxygens (including phenoxy) is 3. The van der Waals surface area contributed by atoms with E-state index in [0.29, 0.717) is 68.1 Å². The highest BCUT2D eigenvalue weighted by Gasteiger charge is 2.24. The largest absolute Gasteiger partial charge is 0.426 e. The predicted octanol–water partition coefficient (Wildman–Crippen LogP) is 12.2. The van der Waals surface area contributed by atoms with Crippen LogP contribution >= 0.6 is 0 Å². The molecule has 0 amide bonds. The van der Waals surface area contributed by atoms with Crippen molar-refractivity contribution < 1.29 is 62.2 Å². The Morgan fingerprint density at radius 1 is 0.429 bits per heavy atom. The number of nitrogens with one attached hydrogen (secondary N) is 6. The number of benzene rings is 6. The summed E-state index contributed by atoms with van der Waals surface area (Å²) in [7, 11) is -11.5. The van der Waals surface area contributed by atoms with E-state index in [4.69, 9.17) is 39.1 Å². The van der Waals surface area contributed by atoms with Crippen molar-refractivity contribution >= 4 is 111 Å². The molecule has 0 saturated carbocycles. The zero-order valence-corrected chi connectivity index (χ0v) is 55.2. The number of sulfone groups is 2. The Morgan fingerprint density at radius 3 is 0.959 bits per heavy atom. The number of primary sulfonamides is 1. The number of anilines is 12. The molecule has 27 nitrogen and oxygen atoms in total. The van der Waals surface area contributed by atoms with Crippen LogP contribution in [0.5, 0.6) is 17.2 Å². The van der Waals surface area contributed by atoms with Crippen LogP contribution in [0.2, 0.25) is 0 Å². The number of hydrogen-bond acceptors (Lipinski definition) is 23. The molecule has 33 heteroatoms. The van der Waals surface area contributed by atoms with Crippen LogP contribution in [0.1, 0.15) is 43.4 Å². The van der Waals surface area contributed by atoms with Crippen molar-refractivity contribution in [3.8, 4) is 17.2 Å². The number of ketones is 2. The third-order valence-corrected chi connectivity index (χ3v) is 17.9. The van der Waals surface area contributed by atoms with Crippen LogP contribution in [-0.2, 0) is 39.3 Å². The first-order valence-corrected chi connectivity index (χ1v) is 33.8. The highest BCUT2D eigenvalue weighted by Crippen LogP contribution is 2.30. The number of aryl methyl sites for hydroxylation is 3. The van der Waals surface area contributed by atoms with E-state index in [2.05, 4.69) is 76.3 Å². The van der Waals surface area contributed by atoms with Crippen molar-refractivity contribution in [2.75, 3.05) is 63.6 Å². The summed E-state index contributed by atoms with van der Waals surface area (Å²) in [5.41, 5.74) is 4.21. The Balaban J connectivity index is 0.000000207. The summed E-state index contributed by atoms with van der Waals surface area (Å²) >= 11 is 0. The zero-order chi connectivity index (χ0) is 71.2. The third-order valence-electron chi connectivity index (χ3n) is 13.3. The molecule has 0 spiro atoms. The monoisotopic (exact) mass is 1390 g/mol. The Bertz CT molecular complexity index is 4640. The molecule has 9 rings (SSSR count). The highest BCUT2D eigenvalue weighted by molar-refractivity contribution is 7.92. The van der Waals surface area contributed by atoms with Gasteiger partial charge in [0.15, 0.2) is 54.6 Å². The van der Waals surface area contributed by atoms with E-state index < -0.39 is 58.7 Å². The molecule has 0 atom stereocenters. The fourth-order valence-corrected chi connectivity index (χ4v) is 12.5. The van der Waals surface area contributed by atoms with Crippen molar-refractivity contribution in [1.29, 1.82) is 0 Å². The second-order valence-corrected chi connectivity index (χ2v) is 26.0. The van der Waals surface area contributed by atoms with Crippen LogP contribution in [0.4, 0.5) is 82.6 Å². The van der Waals surface area contributed by atoms with Crippen molar-refractivity contribution in [2.45, 2.75) is 62.1 Å². The molecule has 98 heavy (non-hydrogen) atoms. The summed E-state index contributed by atoms with van der Waals surface area (Å²) in [6.07, 6.45) is 3.21. The van der Waals surface area contributed by atoms with Gasteiger partial charge in [0.2, 0.25) is 27.9 Å². The minimum Gasteiger partial charge on any atom is -0.426 e. The molecule has 0 aliphatic heterocycles. The fraction of sp³-hybridized carbons (Fsp3) is 0.185. The maximum Gasteiger partial charge on any atom is 0.357 e. The third kappa shape index (κ3) is 21.6. The lowest BCUT2D eigenvalue weighted by Crippen LogP contribution is -2.16. The van der Waals surface area contributed by atoms with E-state index >= 15 is 0 Å². The van der Waals surface area contributed by atoms with Crippen LogP contribution in [0.15, 0.2) is 161 Å². The molecule has 0 saturated heterocycles. The number of rotatable bonds is 27. The number of carbonyl (C=O) groups is 2. The number of Topliss-reactive ketones (excluding diaryl/α,β-unsaturated/α-hetero) is 2. The number of aromatic nitrogens is 6. The maximum absolute atomic E-state index is 14.3. The minimum atomic E-state index is -3.89. The number of sulfonamides is 1. The van der Waals surface area contributed by atoms with Gasteiger partial charge in [-0.3, -0.25) is 24.1 Å². The molecule has 0 fully saturated rings.